The van der Waals surface area contributed by atoms with Crippen LogP contribution in [0.2, 0.25) is 0 Å². The second kappa shape index (κ2) is 24.9. The number of esters is 1. The van der Waals surface area contributed by atoms with E-state index in [0.29, 0.717) is 6.42 Å². The Balaban J connectivity index is 0.000000704. The normalized spacial score (nSPS) is 17.3. The van der Waals surface area contributed by atoms with Crippen molar-refractivity contribution in [1.29, 1.82) is 0 Å². The van der Waals surface area contributed by atoms with Crippen LogP contribution < -0.4 is 4.74 Å². The molecular formula is C37H62O2. The number of hydrogen-bond donors (Lipinski definition) is 0. The average Bonchev–Trinajstić information content (AvgIpc) is 3.50. The number of carbonyl (C=O) groups excluding carboxylic acids is 1. The molecule has 0 heterocycles. The van der Waals surface area contributed by atoms with Crippen molar-refractivity contribution in [2.75, 3.05) is 0 Å². The van der Waals surface area contributed by atoms with Gasteiger partial charge >= 0.3 is 5.97 Å². The lowest BCUT2D eigenvalue weighted by atomic mass is 9.84. The summed E-state index contributed by atoms with van der Waals surface area (Å²) in [7, 11) is 0. The fourth-order valence-electron chi connectivity index (χ4n) is 5.24. The molecule has 3 aliphatic rings. The highest BCUT2D eigenvalue weighted by molar-refractivity contribution is 5.73. The fraction of sp³-hybridized carbons (Fsp3) is 0.649. The van der Waals surface area contributed by atoms with Crippen LogP contribution in [0.5, 0.6) is 5.75 Å². The molecule has 1 fully saturated rings. The van der Waals surface area contributed by atoms with E-state index in [4.69, 9.17) is 4.74 Å². The number of carbonyl (C=O) groups is 1. The molecule has 4 rings (SSSR count). The summed E-state index contributed by atoms with van der Waals surface area (Å²) in [5.41, 5.74) is 4.26. The number of unbranched alkanes of at least 4 members (excludes halogenated alkanes) is 1. The van der Waals surface area contributed by atoms with E-state index >= 15 is 0 Å². The maximum Gasteiger partial charge on any atom is 0.311 e. The molecule has 39 heavy (non-hydrogen) atoms. The third-order valence-corrected chi connectivity index (χ3v) is 7.55. The summed E-state index contributed by atoms with van der Waals surface area (Å²) in [6.07, 6.45) is 26.0. The van der Waals surface area contributed by atoms with Crippen molar-refractivity contribution in [2.24, 2.45) is 11.8 Å². The second-order valence-corrected chi connectivity index (χ2v) is 10.8. The van der Waals surface area contributed by atoms with Gasteiger partial charge in [-0.2, -0.15) is 0 Å². The van der Waals surface area contributed by atoms with E-state index in [1.807, 2.05) is 26.0 Å². The van der Waals surface area contributed by atoms with Crippen molar-refractivity contribution in [3.63, 3.8) is 0 Å². The Morgan fingerprint density at radius 2 is 1.67 bits per heavy atom. The number of hydrogen-bond acceptors (Lipinski definition) is 2. The van der Waals surface area contributed by atoms with E-state index in [0.717, 1.165) is 36.8 Å². The molecule has 2 nitrogen and oxygen atoms in total. The zero-order chi connectivity index (χ0) is 29.3. The monoisotopic (exact) mass is 538 g/mol. The van der Waals surface area contributed by atoms with Gasteiger partial charge in [-0.05, 0) is 80.4 Å². The lowest BCUT2D eigenvalue weighted by Gasteiger charge is -2.23. The van der Waals surface area contributed by atoms with Crippen LogP contribution in [0.25, 0.3) is 0 Å². The molecule has 1 aromatic rings. The van der Waals surface area contributed by atoms with Crippen molar-refractivity contribution in [3.8, 4) is 5.75 Å². The number of rotatable bonds is 8. The van der Waals surface area contributed by atoms with Gasteiger partial charge in [0.15, 0.2) is 0 Å². The Morgan fingerprint density at radius 1 is 0.974 bits per heavy atom. The quantitative estimate of drug-likeness (QED) is 0.187. The highest BCUT2D eigenvalue weighted by Gasteiger charge is 2.20. The van der Waals surface area contributed by atoms with Crippen LogP contribution in [0.4, 0.5) is 0 Å². The van der Waals surface area contributed by atoms with Crippen LogP contribution in [0.1, 0.15) is 143 Å². The lowest BCUT2D eigenvalue weighted by molar-refractivity contribution is -0.134. The van der Waals surface area contributed by atoms with Crippen LogP contribution in [0, 0.1) is 11.8 Å². The smallest absolute Gasteiger partial charge is 0.311 e. The van der Waals surface area contributed by atoms with Crippen molar-refractivity contribution in [3.05, 3.63) is 66.3 Å². The van der Waals surface area contributed by atoms with E-state index in [-0.39, 0.29) is 5.97 Å². The van der Waals surface area contributed by atoms with Gasteiger partial charge < -0.3 is 4.74 Å². The van der Waals surface area contributed by atoms with Gasteiger partial charge in [0, 0.05) is 6.42 Å². The van der Waals surface area contributed by atoms with Gasteiger partial charge in [0.1, 0.15) is 5.75 Å². The minimum absolute atomic E-state index is 0.0509. The summed E-state index contributed by atoms with van der Waals surface area (Å²) in [6, 6.07) is 6.17. The van der Waals surface area contributed by atoms with Crippen molar-refractivity contribution >= 4 is 5.97 Å². The number of ether oxygens (including phenoxy) is 1. The maximum absolute atomic E-state index is 12.1. The Bertz CT molecular complexity index is 796. The first-order valence-electron chi connectivity index (χ1n) is 16.2. The van der Waals surface area contributed by atoms with Crippen LogP contribution >= 0.6 is 0 Å². The SMILES string of the molecule is C=C.CC.CC1CCc2c(cccc2OC(=O)CCCC2CCCC2)C1.CCCC.CCCC1=CC=CCC1. The predicted octanol–water partition coefficient (Wildman–Crippen LogP) is 11.8. The zero-order valence-corrected chi connectivity index (χ0v) is 26.7. The van der Waals surface area contributed by atoms with Crippen LogP contribution in [-0.2, 0) is 17.6 Å². The van der Waals surface area contributed by atoms with Crippen LogP contribution in [0.3, 0.4) is 0 Å². The molecule has 1 saturated carbocycles. The van der Waals surface area contributed by atoms with Gasteiger partial charge in [0.2, 0.25) is 0 Å². The second-order valence-electron chi connectivity index (χ2n) is 10.8. The predicted molar refractivity (Wildman–Crippen MR) is 174 cm³/mol. The first kappa shape index (κ1) is 36.9. The minimum atomic E-state index is -0.0509. The Labute approximate surface area is 243 Å². The Hall–Kier alpha value is -2.09. The molecule has 0 saturated heterocycles. The number of fused-ring (bicyclic) bond motifs is 1. The summed E-state index contributed by atoms with van der Waals surface area (Å²) in [4.78, 5) is 12.1. The molecule has 0 amide bonds. The standard InChI is InChI=1S/C20H28O2.C9H14.C4H10.C2H6.C2H4/c1-15-12-13-18-17(14-15)9-5-10-19(18)22-20(21)11-4-8-16-6-2-3-7-16;1-2-6-9-7-4-3-5-8-9;1-3-4-2;2*1-2/h5,9-10,15-16H,2-4,6-8,11-14H2,1H3;3-4,7H,2,5-6,8H2,1H3;3-4H2,1-2H3;1-2H3;1-2H2. The molecule has 0 bridgehead atoms. The average molecular weight is 539 g/mol. The lowest BCUT2D eigenvalue weighted by Crippen LogP contribution is -2.15. The Kier molecular flexibility index (Phi) is 23.6. The van der Waals surface area contributed by atoms with Crippen LogP contribution in [-0.4, -0.2) is 5.97 Å². The highest BCUT2D eigenvalue weighted by Crippen LogP contribution is 2.33. The van der Waals surface area contributed by atoms with E-state index in [1.165, 1.54) is 88.2 Å². The zero-order valence-electron chi connectivity index (χ0n) is 26.7. The van der Waals surface area contributed by atoms with Crippen molar-refractivity contribution in [1.82, 2.24) is 0 Å². The van der Waals surface area contributed by atoms with Gasteiger partial charge in [0.25, 0.3) is 0 Å². The third kappa shape index (κ3) is 16.6. The molecule has 0 aliphatic heterocycles. The summed E-state index contributed by atoms with van der Waals surface area (Å²) in [5, 5.41) is 0. The third-order valence-electron chi connectivity index (χ3n) is 7.55. The van der Waals surface area contributed by atoms with E-state index < -0.39 is 0 Å². The van der Waals surface area contributed by atoms with Crippen LogP contribution in [0.15, 0.2) is 55.2 Å². The van der Waals surface area contributed by atoms with E-state index in [2.05, 4.69) is 65.1 Å². The summed E-state index contributed by atoms with van der Waals surface area (Å²) in [6.45, 7) is 18.9. The molecule has 0 radical (unpaired) electrons. The fourth-order valence-corrected chi connectivity index (χ4v) is 5.24. The molecule has 1 atom stereocenters. The van der Waals surface area contributed by atoms with E-state index in [1.54, 1.807) is 5.57 Å². The van der Waals surface area contributed by atoms with Gasteiger partial charge in [-0.25, -0.2) is 0 Å². The molecule has 1 unspecified atom stereocenters. The topological polar surface area (TPSA) is 26.3 Å². The Morgan fingerprint density at radius 3 is 2.26 bits per heavy atom. The number of benzene rings is 1. The van der Waals surface area contributed by atoms with Gasteiger partial charge in [-0.3, -0.25) is 4.79 Å². The summed E-state index contributed by atoms with van der Waals surface area (Å²) < 4.78 is 5.67. The molecule has 3 aliphatic carbocycles. The molecule has 0 spiro atoms. The minimum Gasteiger partial charge on any atom is -0.426 e. The number of allylic oxidation sites excluding steroid dienone is 4. The molecule has 1 aromatic carbocycles. The van der Waals surface area contributed by atoms with Crippen molar-refractivity contribution in [2.45, 2.75) is 144 Å². The molecular weight excluding hydrogens is 476 g/mol. The summed E-state index contributed by atoms with van der Waals surface area (Å²) in [5.74, 6) is 2.36. The van der Waals surface area contributed by atoms with Gasteiger partial charge in [0.05, 0.1) is 0 Å². The van der Waals surface area contributed by atoms with Crippen molar-refractivity contribution < 1.29 is 9.53 Å². The largest absolute Gasteiger partial charge is 0.426 e. The van der Waals surface area contributed by atoms with Gasteiger partial charge in [-0.15, -0.1) is 13.2 Å². The first-order chi connectivity index (χ1) is 19.1. The highest BCUT2D eigenvalue weighted by atomic mass is 16.5. The molecule has 222 valence electrons. The maximum atomic E-state index is 12.1. The summed E-state index contributed by atoms with van der Waals surface area (Å²) >= 11 is 0. The van der Waals surface area contributed by atoms with E-state index in [9.17, 15) is 4.79 Å². The molecule has 0 aromatic heterocycles. The first-order valence-corrected chi connectivity index (χ1v) is 16.2. The molecule has 0 N–H and O–H groups in total. The van der Waals surface area contributed by atoms with Gasteiger partial charge in [-0.1, -0.05) is 122 Å². The molecule has 2 heteroatoms.